The topological polar surface area (TPSA) is 60.4 Å². The van der Waals surface area contributed by atoms with Crippen LogP contribution >= 0.6 is 0 Å². The van der Waals surface area contributed by atoms with Crippen LogP contribution < -0.4 is 34.7 Å². The summed E-state index contributed by atoms with van der Waals surface area (Å²) in [7, 11) is 0. The van der Waals surface area contributed by atoms with E-state index < -0.39 is 5.97 Å². The van der Waals surface area contributed by atoms with E-state index in [1.165, 1.54) is 89.0 Å². The Hall–Kier alpha value is -0.510. The number of unbranched alkanes of at least 4 members (excludes halogenated alkanes) is 14. The van der Waals surface area contributed by atoms with Crippen molar-refractivity contribution < 1.29 is 44.6 Å². The number of phenols is 1. The van der Waals surface area contributed by atoms with Gasteiger partial charge in [0.15, 0.2) is 0 Å². The van der Waals surface area contributed by atoms with Crippen LogP contribution in [-0.4, -0.2) is 11.1 Å². The fourth-order valence-electron chi connectivity index (χ4n) is 3.56. The maximum Gasteiger partial charge on any atom is 1.00 e. The molecule has 1 rings (SSSR count). The van der Waals surface area contributed by atoms with E-state index in [-0.39, 0.29) is 36.0 Å². The van der Waals surface area contributed by atoms with E-state index >= 15 is 0 Å². The Balaban J connectivity index is 0.00000729. The molecule has 28 heavy (non-hydrogen) atoms. The van der Waals surface area contributed by atoms with Gasteiger partial charge in [-0.15, -0.1) is 0 Å². The van der Waals surface area contributed by atoms with E-state index in [4.69, 9.17) is 0 Å². The number of rotatable bonds is 18. The molecule has 0 amide bonds. The summed E-state index contributed by atoms with van der Waals surface area (Å²) in [5, 5.41) is 19.6. The van der Waals surface area contributed by atoms with Gasteiger partial charge in [-0.2, -0.15) is 0 Å². The van der Waals surface area contributed by atoms with Gasteiger partial charge in [-0.25, -0.2) is 0 Å². The number of carboxylic acids is 1. The van der Waals surface area contributed by atoms with Crippen LogP contribution in [0.3, 0.4) is 0 Å². The third-order valence-electron chi connectivity index (χ3n) is 5.28. The molecule has 0 heterocycles. The number of benzene rings is 1. The average molecular weight is 399 g/mol. The zero-order valence-corrected chi connectivity index (χ0v) is 20.1. The normalized spacial score (nSPS) is 10.6. The Morgan fingerprint density at radius 2 is 1.00 bits per heavy atom. The first-order chi connectivity index (χ1) is 13.2. The summed E-state index contributed by atoms with van der Waals surface area (Å²) < 4.78 is 0. The Labute approximate surface area is 194 Å². The summed E-state index contributed by atoms with van der Waals surface area (Å²) in [6.45, 7) is 0. The molecule has 0 aromatic heterocycles. The summed E-state index contributed by atoms with van der Waals surface area (Å²) >= 11 is 0. The van der Waals surface area contributed by atoms with Gasteiger partial charge in [-0.1, -0.05) is 95.6 Å². The van der Waals surface area contributed by atoms with Crippen LogP contribution in [0.2, 0.25) is 0 Å². The van der Waals surface area contributed by atoms with Crippen LogP contribution in [0.4, 0.5) is 0 Å². The van der Waals surface area contributed by atoms with Gasteiger partial charge >= 0.3 is 29.6 Å². The maximum atomic E-state index is 10.3. The van der Waals surface area contributed by atoms with Crippen LogP contribution in [0, 0.1) is 0 Å². The van der Waals surface area contributed by atoms with Gasteiger partial charge in [0.2, 0.25) is 0 Å². The van der Waals surface area contributed by atoms with Crippen molar-refractivity contribution in [3.05, 3.63) is 29.8 Å². The minimum atomic E-state index is -0.913. The second-order valence-corrected chi connectivity index (χ2v) is 7.84. The number of carbonyl (C=O) groups is 1. The summed E-state index contributed by atoms with van der Waals surface area (Å²) in [5.41, 5.74) is 1.32. The first-order valence-electron chi connectivity index (χ1n) is 11.2. The van der Waals surface area contributed by atoms with Crippen molar-refractivity contribution in [1.82, 2.24) is 0 Å². The number of aryl methyl sites for hydroxylation is 1. The molecule has 1 aromatic rings. The smallest absolute Gasteiger partial charge is 0.550 e. The zero-order valence-electron chi connectivity index (χ0n) is 18.1. The van der Waals surface area contributed by atoms with Crippen molar-refractivity contribution in [1.29, 1.82) is 0 Å². The van der Waals surface area contributed by atoms with E-state index in [0.29, 0.717) is 5.75 Å². The standard InChI is InChI=1S/C24H40O3.Na/c25-23-20-18-22(19-21-23)16-14-12-10-8-6-4-2-1-3-5-7-9-11-13-15-17-24(26)27;/h18-21,25H,1-17H2,(H,26,27);/q;+1/p-1. The largest absolute Gasteiger partial charge is 1.00 e. The second kappa shape index (κ2) is 19.8. The molecule has 1 aromatic carbocycles. The Bertz CT molecular complexity index is 473. The predicted molar refractivity (Wildman–Crippen MR) is 111 cm³/mol. The SMILES string of the molecule is O=C([O-])CCCCCCCCCCCCCCCCCc1ccc(O)cc1.[Na+]. The average Bonchev–Trinajstić information content (AvgIpc) is 2.65. The molecule has 1 N–H and O–H groups in total. The molecule has 154 valence electrons. The third-order valence-corrected chi connectivity index (χ3v) is 5.28. The molecule has 0 radical (unpaired) electrons. The Morgan fingerprint density at radius 3 is 1.39 bits per heavy atom. The fourth-order valence-corrected chi connectivity index (χ4v) is 3.56. The monoisotopic (exact) mass is 398 g/mol. The number of carboxylic acid groups (broad SMARTS) is 1. The predicted octanol–water partition coefficient (Wildman–Crippen LogP) is 2.93. The first kappa shape index (κ1) is 27.5. The summed E-state index contributed by atoms with van der Waals surface area (Å²) in [6, 6.07) is 7.59. The van der Waals surface area contributed by atoms with E-state index in [9.17, 15) is 15.0 Å². The molecule has 0 fully saturated rings. The zero-order chi connectivity index (χ0) is 19.6. The van der Waals surface area contributed by atoms with Gasteiger partial charge in [0.1, 0.15) is 5.75 Å². The molecule has 4 heteroatoms. The van der Waals surface area contributed by atoms with E-state index in [0.717, 1.165) is 19.3 Å². The molecule has 0 unspecified atom stereocenters. The molecular formula is C24H39NaO3. The summed E-state index contributed by atoms with van der Waals surface area (Å²) in [6.07, 6.45) is 20.3. The number of hydrogen-bond donors (Lipinski definition) is 1. The van der Waals surface area contributed by atoms with Crippen molar-refractivity contribution in [2.24, 2.45) is 0 Å². The number of carbonyl (C=O) groups excluding carboxylic acids is 1. The van der Waals surface area contributed by atoms with Crippen LogP contribution in [0.5, 0.6) is 5.75 Å². The van der Waals surface area contributed by atoms with Crippen molar-refractivity contribution in [2.45, 2.75) is 109 Å². The van der Waals surface area contributed by atoms with E-state index in [1.807, 2.05) is 12.1 Å². The van der Waals surface area contributed by atoms with Crippen molar-refractivity contribution >= 4 is 5.97 Å². The molecule has 0 spiro atoms. The molecule has 0 saturated carbocycles. The maximum absolute atomic E-state index is 10.3. The number of phenolic OH excluding ortho intramolecular Hbond substituents is 1. The van der Waals surface area contributed by atoms with Crippen molar-refractivity contribution in [3.63, 3.8) is 0 Å². The first-order valence-corrected chi connectivity index (χ1v) is 11.2. The number of hydrogen-bond acceptors (Lipinski definition) is 3. The molecule has 0 aliphatic carbocycles. The van der Waals surface area contributed by atoms with Crippen LogP contribution in [0.25, 0.3) is 0 Å². The Morgan fingerprint density at radius 1 is 0.643 bits per heavy atom. The molecule has 0 aliphatic rings. The molecular weight excluding hydrogens is 359 g/mol. The van der Waals surface area contributed by atoms with Crippen LogP contribution in [-0.2, 0) is 11.2 Å². The van der Waals surface area contributed by atoms with Gasteiger partial charge in [-0.05, 0) is 43.4 Å². The van der Waals surface area contributed by atoms with E-state index in [2.05, 4.69) is 0 Å². The second-order valence-electron chi connectivity index (χ2n) is 7.84. The van der Waals surface area contributed by atoms with Crippen molar-refractivity contribution in [2.75, 3.05) is 0 Å². The third kappa shape index (κ3) is 17.6. The van der Waals surface area contributed by atoms with Gasteiger partial charge in [0, 0.05) is 5.97 Å². The quantitative estimate of drug-likeness (QED) is 0.306. The Kier molecular flexibility index (Phi) is 19.4. The molecule has 0 bridgehead atoms. The van der Waals surface area contributed by atoms with Gasteiger partial charge < -0.3 is 15.0 Å². The summed E-state index contributed by atoms with van der Waals surface area (Å²) in [4.78, 5) is 10.3. The fraction of sp³-hybridized carbons (Fsp3) is 0.708. The molecule has 0 aliphatic heterocycles. The molecule has 0 atom stereocenters. The number of aromatic hydroxyl groups is 1. The van der Waals surface area contributed by atoms with Gasteiger partial charge in [0.05, 0.1) is 0 Å². The minimum absolute atomic E-state index is 0. The number of aliphatic carboxylic acids is 1. The molecule has 0 saturated heterocycles. The van der Waals surface area contributed by atoms with Gasteiger partial charge in [0.25, 0.3) is 0 Å². The van der Waals surface area contributed by atoms with Crippen LogP contribution in [0.15, 0.2) is 24.3 Å². The van der Waals surface area contributed by atoms with Crippen molar-refractivity contribution in [3.8, 4) is 5.75 Å². The van der Waals surface area contributed by atoms with Gasteiger partial charge in [-0.3, -0.25) is 0 Å². The summed E-state index contributed by atoms with van der Waals surface area (Å²) in [5.74, 6) is -0.561. The molecule has 3 nitrogen and oxygen atoms in total. The van der Waals surface area contributed by atoms with E-state index in [1.54, 1.807) is 12.1 Å². The van der Waals surface area contributed by atoms with Crippen LogP contribution in [0.1, 0.15) is 108 Å². The minimum Gasteiger partial charge on any atom is -0.550 e.